The zero-order chi connectivity index (χ0) is 16.5. The number of hydrogen-bond acceptors (Lipinski definition) is 5. The first kappa shape index (κ1) is 14.4. The standard InChI is InChI=1S/C17H14N4O3/c22-15-5-1-4-12(19-15)17(23)21-8-6-14-13(10-21)20-16(24-14)11-3-2-7-18-9-11/h1-5,7,9H,6,8,10H2,(H,19,22). The summed E-state index contributed by atoms with van der Waals surface area (Å²) < 4.78 is 5.80. The molecule has 120 valence electrons. The van der Waals surface area contributed by atoms with Gasteiger partial charge < -0.3 is 14.3 Å². The van der Waals surface area contributed by atoms with Gasteiger partial charge in [-0.25, -0.2) is 4.98 Å². The van der Waals surface area contributed by atoms with E-state index in [0.717, 1.165) is 17.0 Å². The fraction of sp³-hybridized carbons (Fsp3) is 0.176. The summed E-state index contributed by atoms with van der Waals surface area (Å²) in [5.74, 6) is 1.08. The average Bonchev–Trinajstić information content (AvgIpc) is 3.05. The molecular weight excluding hydrogens is 308 g/mol. The Hall–Kier alpha value is -3.22. The molecule has 3 aromatic rings. The van der Waals surface area contributed by atoms with Gasteiger partial charge in [0.15, 0.2) is 0 Å². The van der Waals surface area contributed by atoms with Gasteiger partial charge in [0.1, 0.15) is 17.1 Å². The van der Waals surface area contributed by atoms with Crippen LogP contribution in [0.5, 0.6) is 0 Å². The van der Waals surface area contributed by atoms with Crippen molar-refractivity contribution in [1.82, 2.24) is 19.9 Å². The Balaban J connectivity index is 1.59. The molecule has 0 radical (unpaired) electrons. The molecule has 3 aromatic heterocycles. The number of nitrogens with one attached hydrogen (secondary N) is 1. The molecule has 0 saturated carbocycles. The van der Waals surface area contributed by atoms with E-state index >= 15 is 0 Å². The molecule has 1 aliphatic rings. The van der Waals surface area contributed by atoms with E-state index in [1.807, 2.05) is 12.1 Å². The van der Waals surface area contributed by atoms with Crippen LogP contribution in [0.15, 0.2) is 51.9 Å². The van der Waals surface area contributed by atoms with Gasteiger partial charge in [0.2, 0.25) is 11.4 Å². The zero-order valence-electron chi connectivity index (χ0n) is 12.7. The Bertz CT molecular complexity index is 946. The second kappa shape index (κ2) is 5.77. The molecule has 0 aliphatic carbocycles. The second-order valence-electron chi connectivity index (χ2n) is 5.54. The quantitative estimate of drug-likeness (QED) is 0.774. The molecule has 0 saturated heterocycles. The lowest BCUT2D eigenvalue weighted by atomic mass is 10.1. The molecule has 1 aliphatic heterocycles. The Labute approximate surface area is 137 Å². The molecular formula is C17H14N4O3. The zero-order valence-corrected chi connectivity index (χ0v) is 12.7. The number of aromatic amines is 1. The van der Waals surface area contributed by atoms with Crippen molar-refractivity contribution >= 4 is 5.91 Å². The van der Waals surface area contributed by atoms with Crippen molar-refractivity contribution in [1.29, 1.82) is 0 Å². The molecule has 1 amide bonds. The topological polar surface area (TPSA) is 92.1 Å². The van der Waals surface area contributed by atoms with Crippen molar-refractivity contribution in [2.24, 2.45) is 0 Å². The number of pyridine rings is 2. The molecule has 24 heavy (non-hydrogen) atoms. The molecule has 7 nitrogen and oxygen atoms in total. The van der Waals surface area contributed by atoms with Crippen molar-refractivity contribution in [2.45, 2.75) is 13.0 Å². The highest BCUT2D eigenvalue weighted by Crippen LogP contribution is 2.26. The molecule has 0 atom stereocenters. The van der Waals surface area contributed by atoms with Crippen molar-refractivity contribution < 1.29 is 9.21 Å². The van der Waals surface area contributed by atoms with Gasteiger partial charge in [0.25, 0.3) is 5.91 Å². The third kappa shape index (κ3) is 2.60. The van der Waals surface area contributed by atoms with Crippen LogP contribution in [0.2, 0.25) is 0 Å². The smallest absolute Gasteiger partial charge is 0.270 e. The number of hydrogen-bond donors (Lipinski definition) is 1. The molecule has 4 rings (SSSR count). The van der Waals surface area contributed by atoms with Gasteiger partial charge in [-0.2, -0.15) is 0 Å². The van der Waals surface area contributed by atoms with Crippen LogP contribution in [-0.2, 0) is 13.0 Å². The minimum atomic E-state index is -0.293. The maximum atomic E-state index is 12.5. The Morgan fingerprint density at radius 3 is 2.96 bits per heavy atom. The summed E-state index contributed by atoms with van der Waals surface area (Å²) in [7, 11) is 0. The summed E-state index contributed by atoms with van der Waals surface area (Å²) in [5.41, 5.74) is 1.53. The number of oxazole rings is 1. The number of carbonyl (C=O) groups excluding carboxylic acids is 1. The Morgan fingerprint density at radius 2 is 2.17 bits per heavy atom. The van der Waals surface area contributed by atoms with Gasteiger partial charge in [-0.05, 0) is 18.2 Å². The molecule has 1 N–H and O–H groups in total. The van der Waals surface area contributed by atoms with Crippen LogP contribution in [0.1, 0.15) is 21.9 Å². The number of fused-ring (bicyclic) bond motifs is 1. The van der Waals surface area contributed by atoms with Gasteiger partial charge in [-0.3, -0.25) is 14.6 Å². The van der Waals surface area contributed by atoms with Gasteiger partial charge in [-0.1, -0.05) is 6.07 Å². The Kier molecular flexibility index (Phi) is 3.45. The largest absolute Gasteiger partial charge is 0.441 e. The van der Waals surface area contributed by atoms with Crippen LogP contribution in [0.4, 0.5) is 0 Å². The van der Waals surface area contributed by atoms with Crippen LogP contribution < -0.4 is 5.56 Å². The second-order valence-corrected chi connectivity index (χ2v) is 5.54. The van der Waals surface area contributed by atoms with Crippen LogP contribution in [0, 0.1) is 0 Å². The highest BCUT2D eigenvalue weighted by atomic mass is 16.4. The average molecular weight is 322 g/mol. The van der Waals surface area contributed by atoms with Crippen molar-refractivity contribution in [3.8, 4) is 11.5 Å². The lowest BCUT2D eigenvalue weighted by Crippen LogP contribution is -2.36. The van der Waals surface area contributed by atoms with Crippen molar-refractivity contribution in [3.05, 3.63) is 70.2 Å². The molecule has 0 aromatic carbocycles. The maximum Gasteiger partial charge on any atom is 0.270 e. The van der Waals surface area contributed by atoms with E-state index in [2.05, 4.69) is 15.0 Å². The van der Waals surface area contributed by atoms with Crippen LogP contribution in [0.25, 0.3) is 11.5 Å². The maximum absolute atomic E-state index is 12.5. The molecule has 7 heteroatoms. The number of H-pyrrole nitrogens is 1. The minimum absolute atomic E-state index is 0.218. The summed E-state index contributed by atoms with van der Waals surface area (Å²) in [6.07, 6.45) is 3.97. The van der Waals surface area contributed by atoms with Gasteiger partial charge in [0, 0.05) is 31.4 Å². The van der Waals surface area contributed by atoms with E-state index in [9.17, 15) is 9.59 Å². The molecule has 0 unspecified atom stereocenters. The van der Waals surface area contributed by atoms with Crippen LogP contribution >= 0.6 is 0 Å². The molecule has 0 spiro atoms. The third-order valence-corrected chi connectivity index (χ3v) is 3.92. The SMILES string of the molecule is O=C(c1cccc(=O)[nH]1)N1CCc2oc(-c3cccnc3)nc2C1. The summed E-state index contributed by atoms with van der Waals surface area (Å²) >= 11 is 0. The first-order valence-corrected chi connectivity index (χ1v) is 7.58. The molecule has 4 heterocycles. The predicted octanol–water partition coefficient (Wildman–Crippen LogP) is 1.62. The lowest BCUT2D eigenvalue weighted by molar-refractivity contribution is 0.0721. The van der Waals surface area contributed by atoms with Crippen molar-refractivity contribution in [2.75, 3.05) is 6.54 Å². The number of rotatable bonds is 2. The first-order valence-electron chi connectivity index (χ1n) is 7.58. The molecule has 0 fully saturated rings. The fourth-order valence-electron chi connectivity index (χ4n) is 2.73. The summed E-state index contributed by atoms with van der Waals surface area (Å²) in [6.45, 7) is 0.874. The normalized spacial score (nSPS) is 13.6. The number of amides is 1. The van der Waals surface area contributed by atoms with Crippen LogP contribution in [0.3, 0.4) is 0 Å². The first-order chi connectivity index (χ1) is 11.7. The van der Waals surface area contributed by atoms with E-state index in [1.54, 1.807) is 29.4 Å². The summed E-state index contributed by atoms with van der Waals surface area (Å²) in [5, 5.41) is 0. The summed E-state index contributed by atoms with van der Waals surface area (Å²) in [6, 6.07) is 8.24. The van der Waals surface area contributed by atoms with Gasteiger partial charge in [0.05, 0.1) is 12.1 Å². The van der Waals surface area contributed by atoms with Gasteiger partial charge >= 0.3 is 0 Å². The monoisotopic (exact) mass is 322 g/mol. The lowest BCUT2D eigenvalue weighted by Gasteiger charge is -2.25. The number of aromatic nitrogens is 3. The fourth-order valence-corrected chi connectivity index (χ4v) is 2.73. The van der Waals surface area contributed by atoms with E-state index in [1.165, 1.54) is 6.07 Å². The van der Waals surface area contributed by atoms with Crippen LogP contribution in [-0.4, -0.2) is 32.3 Å². The van der Waals surface area contributed by atoms with E-state index in [4.69, 9.17) is 4.42 Å². The number of carbonyl (C=O) groups is 1. The molecule has 0 bridgehead atoms. The van der Waals surface area contributed by atoms with E-state index in [0.29, 0.717) is 25.4 Å². The highest BCUT2D eigenvalue weighted by Gasteiger charge is 2.26. The summed E-state index contributed by atoms with van der Waals surface area (Å²) in [4.78, 5) is 36.7. The van der Waals surface area contributed by atoms with E-state index in [-0.39, 0.29) is 17.2 Å². The highest BCUT2D eigenvalue weighted by molar-refractivity contribution is 5.92. The predicted molar refractivity (Wildman–Crippen MR) is 85.2 cm³/mol. The third-order valence-electron chi connectivity index (χ3n) is 3.92. The van der Waals surface area contributed by atoms with Crippen molar-refractivity contribution in [3.63, 3.8) is 0 Å². The Morgan fingerprint density at radius 1 is 1.25 bits per heavy atom. The van der Waals surface area contributed by atoms with Gasteiger partial charge in [-0.15, -0.1) is 0 Å². The number of nitrogens with zero attached hydrogens (tertiary/aromatic N) is 3. The minimum Gasteiger partial charge on any atom is -0.441 e. The van der Waals surface area contributed by atoms with E-state index < -0.39 is 0 Å².